The molecular formula is C18H21ClN2O5. The van der Waals surface area contributed by atoms with Crippen LogP contribution < -0.4 is 25.3 Å². The van der Waals surface area contributed by atoms with Crippen molar-refractivity contribution in [2.45, 2.75) is 12.5 Å². The third kappa shape index (κ3) is 5.44. The summed E-state index contributed by atoms with van der Waals surface area (Å²) in [6, 6.07) is 12.3. The van der Waals surface area contributed by atoms with Gasteiger partial charge in [0.2, 0.25) is 12.7 Å². The first-order valence-electron chi connectivity index (χ1n) is 7.92. The molecule has 0 spiro atoms. The number of carbonyl (C=O) groups is 1. The van der Waals surface area contributed by atoms with Gasteiger partial charge in [0.05, 0.1) is 6.42 Å². The molecule has 0 saturated heterocycles. The molecule has 0 aliphatic carbocycles. The minimum Gasteiger partial charge on any atom is -0.491 e. The summed E-state index contributed by atoms with van der Waals surface area (Å²) >= 11 is 0. The Hall–Kier alpha value is -2.64. The van der Waals surface area contributed by atoms with Crippen LogP contribution in [0.25, 0.3) is 0 Å². The zero-order chi connectivity index (χ0) is 17.6. The first-order valence-corrected chi connectivity index (χ1v) is 7.92. The molecule has 3 rings (SSSR count). The van der Waals surface area contributed by atoms with E-state index in [1.165, 1.54) is 0 Å². The van der Waals surface area contributed by atoms with E-state index < -0.39 is 6.10 Å². The van der Waals surface area contributed by atoms with Crippen LogP contribution >= 0.6 is 12.4 Å². The third-order valence-corrected chi connectivity index (χ3v) is 3.67. The number of nitrogen functional groups attached to an aromatic ring is 1. The van der Waals surface area contributed by atoms with Gasteiger partial charge in [0.1, 0.15) is 18.5 Å². The molecule has 0 aromatic heterocycles. The number of aliphatic hydroxyl groups excluding tert-OH is 1. The maximum absolute atomic E-state index is 11.9. The van der Waals surface area contributed by atoms with Crippen molar-refractivity contribution in [2.75, 3.05) is 25.7 Å². The molecule has 1 atom stereocenters. The summed E-state index contributed by atoms with van der Waals surface area (Å²) in [6.07, 6.45) is -0.587. The van der Waals surface area contributed by atoms with Crippen LogP contribution in [0.15, 0.2) is 42.5 Å². The monoisotopic (exact) mass is 380 g/mol. The molecule has 8 heteroatoms. The number of hydrogen-bond acceptors (Lipinski definition) is 6. The maximum Gasteiger partial charge on any atom is 0.231 e. The fourth-order valence-corrected chi connectivity index (χ4v) is 2.33. The average molecular weight is 381 g/mol. The highest BCUT2D eigenvalue weighted by Gasteiger charge is 2.14. The van der Waals surface area contributed by atoms with Gasteiger partial charge in [-0.2, -0.15) is 0 Å². The predicted octanol–water partition coefficient (Wildman–Crippen LogP) is 1.52. The predicted molar refractivity (Wildman–Crippen MR) is 98.9 cm³/mol. The highest BCUT2D eigenvalue weighted by molar-refractivity contribution is 5.85. The Morgan fingerprint density at radius 3 is 2.69 bits per heavy atom. The van der Waals surface area contributed by atoms with Crippen molar-refractivity contribution in [3.05, 3.63) is 48.0 Å². The molecule has 140 valence electrons. The van der Waals surface area contributed by atoms with Gasteiger partial charge in [-0.15, -0.1) is 12.4 Å². The zero-order valence-electron chi connectivity index (χ0n) is 14.0. The van der Waals surface area contributed by atoms with Crippen LogP contribution in [0.4, 0.5) is 5.69 Å². The quantitative estimate of drug-likeness (QED) is 0.629. The number of halogens is 1. The maximum atomic E-state index is 11.9. The van der Waals surface area contributed by atoms with Crippen LogP contribution in [-0.2, 0) is 11.2 Å². The molecule has 2 aromatic rings. The van der Waals surface area contributed by atoms with Gasteiger partial charge in [0, 0.05) is 18.3 Å². The smallest absolute Gasteiger partial charge is 0.231 e. The standard InChI is InChI=1S/C18H20N2O5.ClH/c19-13-3-1-12(2-4-13)7-18(22)20-9-14(21)10-23-15-5-6-16-17(8-15)25-11-24-16;/h1-6,8,14,21H,7,9-11,19H2,(H,20,22);1H. The zero-order valence-corrected chi connectivity index (χ0v) is 14.8. The van der Waals surface area contributed by atoms with Gasteiger partial charge in [0.25, 0.3) is 0 Å². The molecule has 1 amide bonds. The average Bonchev–Trinajstić information content (AvgIpc) is 3.08. The molecule has 0 fully saturated rings. The topological polar surface area (TPSA) is 103 Å². The Kier molecular flexibility index (Phi) is 6.94. The molecule has 0 radical (unpaired) electrons. The molecule has 4 N–H and O–H groups in total. The second kappa shape index (κ2) is 9.17. The van der Waals surface area contributed by atoms with Crippen LogP contribution in [-0.4, -0.2) is 37.1 Å². The Labute approximate surface area is 157 Å². The summed E-state index contributed by atoms with van der Waals surface area (Å²) in [5.41, 5.74) is 7.12. The molecule has 0 bridgehead atoms. The molecule has 7 nitrogen and oxygen atoms in total. The highest BCUT2D eigenvalue weighted by Crippen LogP contribution is 2.35. The SMILES string of the molecule is Cl.Nc1ccc(CC(=O)NCC(O)COc2ccc3c(c2)OCO3)cc1. The molecular weight excluding hydrogens is 360 g/mol. The van der Waals surface area contributed by atoms with E-state index in [1.807, 2.05) is 0 Å². The molecule has 1 heterocycles. The van der Waals surface area contributed by atoms with Gasteiger partial charge in [-0.3, -0.25) is 4.79 Å². The van der Waals surface area contributed by atoms with Gasteiger partial charge in [-0.05, 0) is 29.8 Å². The van der Waals surface area contributed by atoms with Crippen molar-refractivity contribution in [1.29, 1.82) is 0 Å². The van der Waals surface area contributed by atoms with E-state index in [4.69, 9.17) is 19.9 Å². The number of fused-ring (bicyclic) bond motifs is 1. The first kappa shape index (κ1) is 19.7. The van der Waals surface area contributed by atoms with Gasteiger partial charge in [-0.1, -0.05) is 12.1 Å². The molecule has 2 aromatic carbocycles. The van der Waals surface area contributed by atoms with Crippen LogP contribution in [0.2, 0.25) is 0 Å². The van der Waals surface area contributed by atoms with Gasteiger partial charge < -0.3 is 30.4 Å². The summed E-state index contributed by atoms with van der Waals surface area (Å²) in [5.74, 6) is 1.68. The van der Waals surface area contributed by atoms with E-state index in [9.17, 15) is 9.90 Å². The van der Waals surface area contributed by atoms with Crippen molar-refractivity contribution in [1.82, 2.24) is 5.32 Å². The number of aliphatic hydroxyl groups is 1. The molecule has 1 aliphatic rings. The molecule has 26 heavy (non-hydrogen) atoms. The summed E-state index contributed by atoms with van der Waals surface area (Å²) in [6.45, 7) is 0.363. The van der Waals surface area contributed by atoms with Crippen LogP contribution in [0, 0.1) is 0 Å². The van der Waals surface area contributed by atoms with Crippen molar-refractivity contribution in [2.24, 2.45) is 0 Å². The van der Waals surface area contributed by atoms with Crippen molar-refractivity contribution >= 4 is 24.0 Å². The number of benzene rings is 2. The Bertz CT molecular complexity index is 739. The van der Waals surface area contributed by atoms with Crippen molar-refractivity contribution in [3.63, 3.8) is 0 Å². The summed E-state index contributed by atoms with van der Waals surface area (Å²) in [4.78, 5) is 11.9. The first-order chi connectivity index (χ1) is 12.1. The van der Waals surface area contributed by atoms with Crippen LogP contribution in [0.5, 0.6) is 17.2 Å². The van der Waals surface area contributed by atoms with Gasteiger partial charge in [0.15, 0.2) is 11.5 Å². The number of nitrogens with one attached hydrogen (secondary N) is 1. The highest BCUT2D eigenvalue weighted by atomic mass is 35.5. The van der Waals surface area contributed by atoms with Crippen LogP contribution in [0.1, 0.15) is 5.56 Å². The summed E-state index contributed by atoms with van der Waals surface area (Å²) in [5, 5.41) is 12.6. The van der Waals surface area contributed by atoms with E-state index in [0.717, 1.165) is 5.56 Å². The largest absolute Gasteiger partial charge is 0.491 e. The molecule has 1 aliphatic heterocycles. The van der Waals surface area contributed by atoms with E-state index in [2.05, 4.69) is 5.32 Å². The third-order valence-electron chi connectivity index (χ3n) is 3.67. The van der Waals surface area contributed by atoms with Crippen LogP contribution in [0.3, 0.4) is 0 Å². The van der Waals surface area contributed by atoms with E-state index >= 15 is 0 Å². The fraction of sp³-hybridized carbons (Fsp3) is 0.278. The number of rotatable bonds is 7. The van der Waals surface area contributed by atoms with Gasteiger partial charge in [-0.25, -0.2) is 0 Å². The Morgan fingerprint density at radius 1 is 1.19 bits per heavy atom. The molecule has 1 unspecified atom stereocenters. The number of hydrogen-bond donors (Lipinski definition) is 3. The summed E-state index contributed by atoms with van der Waals surface area (Å²) in [7, 11) is 0. The number of amides is 1. The summed E-state index contributed by atoms with van der Waals surface area (Å²) < 4.78 is 16.0. The fourth-order valence-electron chi connectivity index (χ4n) is 2.33. The molecule has 0 saturated carbocycles. The van der Waals surface area contributed by atoms with E-state index in [0.29, 0.717) is 22.9 Å². The Balaban J connectivity index is 0.00000243. The van der Waals surface area contributed by atoms with E-state index in [1.54, 1.807) is 42.5 Å². The number of carbonyl (C=O) groups excluding carboxylic acids is 1. The lowest BCUT2D eigenvalue weighted by Gasteiger charge is -2.13. The number of anilines is 1. The minimum atomic E-state index is -0.819. The number of nitrogens with two attached hydrogens (primary N) is 1. The Morgan fingerprint density at radius 2 is 1.92 bits per heavy atom. The lowest BCUT2D eigenvalue weighted by molar-refractivity contribution is -0.121. The lowest BCUT2D eigenvalue weighted by atomic mass is 10.1. The van der Waals surface area contributed by atoms with Crippen molar-refractivity contribution < 1.29 is 24.1 Å². The lowest BCUT2D eigenvalue weighted by Crippen LogP contribution is -2.36. The second-order valence-corrected chi connectivity index (χ2v) is 5.70. The van der Waals surface area contributed by atoms with Gasteiger partial charge >= 0.3 is 0 Å². The second-order valence-electron chi connectivity index (χ2n) is 5.70. The number of ether oxygens (including phenoxy) is 3. The van der Waals surface area contributed by atoms with Crippen molar-refractivity contribution in [3.8, 4) is 17.2 Å². The minimum absolute atomic E-state index is 0. The normalized spacial score (nSPS) is 12.8. The van der Waals surface area contributed by atoms with E-state index in [-0.39, 0.29) is 44.7 Å².